The molecule has 1 aromatic carbocycles. The molecule has 0 radical (unpaired) electrons. The zero-order chi connectivity index (χ0) is 20.2. The molecule has 2 saturated heterocycles. The number of nitrogens with one attached hydrogen (secondary N) is 3. The molecule has 4 rings (SSSR count). The largest absolute Gasteiger partial charge is 0.455 e. The summed E-state index contributed by atoms with van der Waals surface area (Å²) in [6, 6.07) is 11.7. The summed E-state index contributed by atoms with van der Waals surface area (Å²) in [5.41, 5.74) is 0.889. The van der Waals surface area contributed by atoms with Crippen molar-refractivity contribution in [2.75, 3.05) is 12.4 Å². The first-order valence-electron chi connectivity index (χ1n) is 10.1. The Bertz CT molecular complexity index is 889. The van der Waals surface area contributed by atoms with E-state index in [0.29, 0.717) is 41.6 Å². The first-order chi connectivity index (χ1) is 14.1. The molecular formula is C22H26N4O3. The van der Waals surface area contributed by atoms with Gasteiger partial charge in [0.15, 0.2) is 5.75 Å². The quantitative estimate of drug-likeness (QED) is 0.700. The molecule has 2 fully saturated rings. The molecule has 29 heavy (non-hydrogen) atoms. The number of nitrogens with zero attached hydrogens (tertiary/aromatic N) is 1. The van der Waals surface area contributed by atoms with Gasteiger partial charge in [0.2, 0.25) is 5.91 Å². The highest BCUT2D eigenvalue weighted by molar-refractivity contribution is 5.93. The lowest BCUT2D eigenvalue weighted by atomic mass is 9.89. The second-order valence-electron chi connectivity index (χ2n) is 7.78. The Kier molecular flexibility index (Phi) is 5.76. The minimum atomic E-state index is -0.284. The summed E-state index contributed by atoms with van der Waals surface area (Å²) < 4.78 is 5.94. The third-order valence-corrected chi connectivity index (χ3v) is 5.62. The van der Waals surface area contributed by atoms with Gasteiger partial charge in [0, 0.05) is 37.8 Å². The van der Waals surface area contributed by atoms with E-state index in [1.54, 1.807) is 25.2 Å². The van der Waals surface area contributed by atoms with Gasteiger partial charge in [-0.3, -0.25) is 14.6 Å². The Morgan fingerprint density at radius 1 is 1.17 bits per heavy atom. The maximum Gasteiger partial charge on any atom is 0.269 e. The first kappa shape index (κ1) is 19.4. The molecule has 7 heteroatoms. The number of aromatic nitrogens is 1. The minimum absolute atomic E-state index is 0.00753. The molecule has 2 aromatic rings. The SMILES string of the molecule is CNC(=O)c1cc(Oc2ccccc2NC(=O)CC2CC3CCC(C2)N3)ccn1. The fourth-order valence-corrected chi connectivity index (χ4v) is 4.32. The molecule has 0 saturated carbocycles. The van der Waals surface area contributed by atoms with Crippen LogP contribution in [0.25, 0.3) is 0 Å². The average molecular weight is 394 g/mol. The molecule has 2 bridgehead atoms. The zero-order valence-corrected chi connectivity index (χ0v) is 16.5. The highest BCUT2D eigenvalue weighted by Gasteiger charge is 2.34. The van der Waals surface area contributed by atoms with Crippen molar-refractivity contribution in [2.24, 2.45) is 5.92 Å². The van der Waals surface area contributed by atoms with Gasteiger partial charge in [0.05, 0.1) is 5.69 Å². The molecule has 0 spiro atoms. The number of ether oxygens (including phenoxy) is 1. The fourth-order valence-electron chi connectivity index (χ4n) is 4.32. The number of piperidine rings is 1. The van der Waals surface area contributed by atoms with Crippen LogP contribution in [0.1, 0.15) is 42.6 Å². The van der Waals surface area contributed by atoms with E-state index in [9.17, 15) is 9.59 Å². The number of anilines is 1. The number of carbonyl (C=O) groups excluding carboxylic acids is 2. The van der Waals surface area contributed by atoms with Crippen LogP contribution in [0.15, 0.2) is 42.6 Å². The van der Waals surface area contributed by atoms with Crippen molar-refractivity contribution in [3.8, 4) is 11.5 Å². The molecule has 7 nitrogen and oxygen atoms in total. The van der Waals surface area contributed by atoms with Gasteiger partial charge in [0.1, 0.15) is 11.4 Å². The summed E-state index contributed by atoms with van der Waals surface area (Å²) in [5.74, 6) is 1.16. The molecule has 3 heterocycles. The number of hydrogen-bond donors (Lipinski definition) is 3. The Morgan fingerprint density at radius 2 is 1.93 bits per heavy atom. The van der Waals surface area contributed by atoms with E-state index in [1.807, 2.05) is 18.2 Å². The second kappa shape index (κ2) is 8.61. The van der Waals surface area contributed by atoms with Crippen LogP contribution in [0.5, 0.6) is 11.5 Å². The highest BCUT2D eigenvalue weighted by Crippen LogP contribution is 2.34. The average Bonchev–Trinajstić information content (AvgIpc) is 3.07. The summed E-state index contributed by atoms with van der Waals surface area (Å²) in [6.07, 6.45) is 6.64. The Morgan fingerprint density at radius 3 is 2.69 bits per heavy atom. The normalized spacial score (nSPS) is 22.7. The van der Waals surface area contributed by atoms with E-state index in [4.69, 9.17) is 4.74 Å². The molecule has 2 atom stereocenters. The van der Waals surface area contributed by atoms with E-state index in [-0.39, 0.29) is 17.5 Å². The maximum atomic E-state index is 12.7. The summed E-state index contributed by atoms with van der Waals surface area (Å²) in [6.45, 7) is 0. The number of carbonyl (C=O) groups is 2. The predicted octanol–water partition coefficient (Wildman–Crippen LogP) is 3.09. The number of fused-ring (bicyclic) bond motifs is 2. The van der Waals surface area contributed by atoms with Gasteiger partial charge in [-0.25, -0.2) is 0 Å². The molecule has 2 aliphatic rings. The smallest absolute Gasteiger partial charge is 0.269 e. The van der Waals surface area contributed by atoms with Crippen molar-refractivity contribution in [2.45, 2.75) is 44.2 Å². The van der Waals surface area contributed by atoms with Crippen LogP contribution in [0.3, 0.4) is 0 Å². The highest BCUT2D eigenvalue weighted by atomic mass is 16.5. The van der Waals surface area contributed by atoms with Gasteiger partial charge in [-0.05, 0) is 49.8 Å². The fraction of sp³-hybridized carbons (Fsp3) is 0.409. The van der Waals surface area contributed by atoms with Crippen molar-refractivity contribution in [1.29, 1.82) is 0 Å². The lowest BCUT2D eigenvalue weighted by molar-refractivity contribution is -0.117. The lowest BCUT2D eigenvalue weighted by Crippen LogP contribution is -2.39. The zero-order valence-electron chi connectivity index (χ0n) is 16.5. The molecule has 0 aliphatic carbocycles. The maximum absolute atomic E-state index is 12.7. The second-order valence-corrected chi connectivity index (χ2v) is 7.78. The van der Waals surface area contributed by atoms with E-state index < -0.39 is 0 Å². The molecule has 2 unspecified atom stereocenters. The predicted molar refractivity (Wildman–Crippen MR) is 110 cm³/mol. The van der Waals surface area contributed by atoms with Crippen LogP contribution in [0.2, 0.25) is 0 Å². The summed E-state index contributed by atoms with van der Waals surface area (Å²) in [4.78, 5) is 28.5. The molecule has 2 aliphatic heterocycles. The Hall–Kier alpha value is -2.93. The van der Waals surface area contributed by atoms with Gasteiger partial charge in [-0.1, -0.05) is 12.1 Å². The standard InChI is InChI=1S/C22H26N4O3/c1-23-22(28)19-13-17(8-9-24-19)29-20-5-3-2-4-18(20)26-21(27)12-14-10-15-6-7-16(11-14)25-15/h2-5,8-9,13-16,25H,6-7,10-12H2,1H3,(H,23,28)(H,26,27). The monoisotopic (exact) mass is 394 g/mol. The van der Waals surface area contributed by atoms with Crippen LogP contribution < -0.4 is 20.7 Å². The van der Waals surface area contributed by atoms with E-state index in [1.165, 1.54) is 19.0 Å². The number of pyridine rings is 1. The van der Waals surface area contributed by atoms with E-state index >= 15 is 0 Å². The van der Waals surface area contributed by atoms with Gasteiger partial charge < -0.3 is 20.7 Å². The molecule has 152 valence electrons. The van der Waals surface area contributed by atoms with Gasteiger partial charge in [-0.2, -0.15) is 0 Å². The van der Waals surface area contributed by atoms with Crippen LogP contribution >= 0.6 is 0 Å². The van der Waals surface area contributed by atoms with Crippen molar-refractivity contribution >= 4 is 17.5 Å². The van der Waals surface area contributed by atoms with Crippen LogP contribution in [-0.2, 0) is 4.79 Å². The van der Waals surface area contributed by atoms with Crippen molar-refractivity contribution in [3.05, 3.63) is 48.3 Å². The summed E-state index contributed by atoms with van der Waals surface area (Å²) in [5, 5.41) is 9.15. The number of rotatable bonds is 6. The van der Waals surface area contributed by atoms with Gasteiger partial charge in [-0.15, -0.1) is 0 Å². The van der Waals surface area contributed by atoms with Crippen LogP contribution in [0.4, 0.5) is 5.69 Å². The molecule has 2 amide bonds. The van der Waals surface area contributed by atoms with Crippen molar-refractivity contribution < 1.29 is 14.3 Å². The topological polar surface area (TPSA) is 92.4 Å². The van der Waals surface area contributed by atoms with Crippen LogP contribution in [0, 0.1) is 5.92 Å². The number of benzene rings is 1. The summed E-state index contributed by atoms with van der Waals surface area (Å²) >= 11 is 0. The van der Waals surface area contributed by atoms with Crippen LogP contribution in [-0.4, -0.2) is 35.9 Å². The Labute approximate surface area is 170 Å². The first-order valence-corrected chi connectivity index (χ1v) is 10.1. The minimum Gasteiger partial charge on any atom is -0.455 e. The van der Waals surface area contributed by atoms with Crippen molar-refractivity contribution in [1.82, 2.24) is 15.6 Å². The third kappa shape index (κ3) is 4.74. The lowest BCUT2D eigenvalue weighted by Gasteiger charge is -2.28. The molecule has 1 aromatic heterocycles. The Balaban J connectivity index is 1.42. The van der Waals surface area contributed by atoms with Gasteiger partial charge >= 0.3 is 0 Å². The number of para-hydroxylation sites is 2. The van der Waals surface area contributed by atoms with E-state index in [2.05, 4.69) is 20.9 Å². The summed E-state index contributed by atoms with van der Waals surface area (Å²) in [7, 11) is 1.55. The van der Waals surface area contributed by atoms with Gasteiger partial charge in [0.25, 0.3) is 5.91 Å². The number of amides is 2. The number of hydrogen-bond acceptors (Lipinski definition) is 5. The van der Waals surface area contributed by atoms with E-state index in [0.717, 1.165) is 12.8 Å². The molecule has 3 N–H and O–H groups in total. The van der Waals surface area contributed by atoms with Crippen molar-refractivity contribution in [3.63, 3.8) is 0 Å². The molecular weight excluding hydrogens is 368 g/mol. The third-order valence-electron chi connectivity index (χ3n) is 5.62.